The van der Waals surface area contributed by atoms with E-state index in [1.54, 1.807) is 6.07 Å². The zero-order chi connectivity index (χ0) is 14.7. The number of nitro groups is 1. The predicted octanol–water partition coefficient (Wildman–Crippen LogP) is 4.25. The highest BCUT2D eigenvalue weighted by Gasteiger charge is 2.17. The van der Waals surface area contributed by atoms with E-state index in [9.17, 15) is 18.9 Å². The van der Waals surface area contributed by atoms with Crippen molar-refractivity contribution in [3.05, 3.63) is 68.2 Å². The van der Waals surface area contributed by atoms with Crippen LogP contribution in [0.3, 0.4) is 0 Å². The minimum atomic E-state index is -0.614. The van der Waals surface area contributed by atoms with Crippen molar-refractivity contribution in [3.8, 4) is 0 Å². The number of anilines is 1. The van der Waals surface area contributed by atoms with E-state index in [1.165, 1.54) is 18.2 Å². The van der Waals surface area contributed by atoms with Crippen LogP contribution in [0.2, 0.25) is 0 Å². The molecule has 0 aliphatic rings. The highest BCUT2D eigenvalue weighted by atomic mass is 79.9. The number of nitrogens with zero attached hydrogens (tertiary/aromatic N) is 1. The van der Waals surface area contributed by atoms with Crippen LogP contribution in [0.15, 0.2) is 40.9 Å². The lowest BCUT2D eigenvalue weighted by molar-refractivity contribution is -0.384. The zero-order valence-corrected chi connectivity index (χ0v) is 11.7. The molecule has 1 N–H and O–H groups in total. The fourth-order valence-corrected chi connectivity index (χ4v) is 2.00. The first-order chi connectivity index (χ1) is 9.47. The van der Waals surface area contributed by atoms with Crippen LogP contribution in [0.4, 0.5) is 20.2 Å². The van der Waals surface area contributed by atoms with E-state index in [2.05, 4.69) is 21.2 Å². The van der Waals surface area contributed by atoms with Crippen molar-refractivity contribution < 1.29 is 13.7 Å². The van der Waals surface area contributed by atoms with Crippen LogP contribution >= 0.6 is 15.9 Å². The smallest absolute Gasteiger partial charge is 0.293 e. The second-order valence-electron chi connectivity index (χ2n) is 4.02. The number of hydrogen-bond donors (Lipinski definition) is 1. The molecule has 0 bridgehead atoms. The molecule has 0 heterocycles. The highest BCUT2D eigenvalue weighted by molar-refractivity contribution is 9.10. The number of benzene rings is 2. The summed E-state index contributed by atoms with van der Waals surface area (Å²) in [6, 6.07) is 7.91. The molecule has 0 aliphatic heterocycles. The summed E-state index contributed by atoms with van der Waals surface area (Å²) >= 11 is 2.90. The summed E-state index contributed by atoms with van der Waals surface area (Å²) in [5.74, 6) is -1.02. The lowest BCUT2D eigenvalue weighted by atomic mass is 10.2. The molecule has 0 unspecified atom stereocenters. The van der Waals surface area contributed by atoms with E-state index in [0.717, 1.165) is 12.1 Å². The lowest BCUT2D eigenvalue weighted by Gasteiger charge is -2.08. The van der Waals surface area contributed by atoms with Crippen molar-refractivity contribution in [2.45, 2.75) is 6.54 Å². The third-order valence-corrected chi connectivity index (χ3v) is 3.22. The minimum Gasteiger partial charge on any atom is -0.375 e. The Morgan fingerprint density at radius 2 is 2.00 bits per heavy atom. The molecule has 104 valence electrons. The molecule has 2 aromatic rings. The summed E-state index contributed by atoms with van der Waals surface area (Å²) in [5, 5.41) is 13.6. The van der Waals surface area contributed by atoms with Gasteiger partial charge in [-0.15, -0.1) is 0 Å². The molecule has 0 fully saturated rings. The van der Waals surface area contributed by atoms with E-state index in [-0.39, 0.29) is 22.4 Å². The van der Waals surface area contributed by atoms with Gasteiger partial charge >= 0.3 is 0 Å². The Morgan fingerprint density at radius 3 is 2.65 bits per heavy atom. The Kier molecular flexibility index (Phi) is 4.29. The number of nitro benzene ring substituents is 1. The maximum Gasteiger partial charge on any atom is 0.293 e. The van der Waals surface area contributed by atoms with Gasteiger partial charge in [-0.1, -0.05) is 12.1 Å². The number of hydrogen-bond acceptors (Lipinski definition) is 3. The average Bonchev–Trinajstić information content (AvgIpc) is 2.39. The van der Waals surface area contributed by atoms with Crippen LogP contribution in [-0.4, -0.2) is 4.92 Å². The van der Waals surface area contributed by atoms with Crippen molar-refractivity contribution in [3.63, 3.8) is 0 Å². The Morgan fingerprint density at radius 1 is 1.25 bits per heavy atom. The second kappa shape index (κ2) is 5.96. The molecule has 7 heteroatoms. The topological polar surface area (TPSA) is 55.2 Å². The van der Waals surface area contributed by atoms with Crippen LogP contribution in [0.5, 0.6) is 0 Å². The minimum absolute atomic E-state index is 0.0144. The summed E-state index contributed by atoms with van der Waals surface area (Å²) in [6.07, 6.45) is 0. The molecule has 0 saturated carbocycles. The van der Waals surface area contributed by atoms with E-state index in [1.807, 2.05) is 0 Å². The summed E-state index contributed by atoms with van der Waals surface area (Å²) in [5.41, 5.74) is 0.386. The molecule has 2 aromatic carbocycles. The van der Waals surface area contributed by atoms with Gasteiger partial charge in [0.1, 0.15) is 17.3 Å². The van der Waals surface area contributed by atoms with E-state index in [0.29, 0.717) is 5.56 Å². The van der Waals surface area contributed by atoms with E-state index in [4.69, 9.17) is 0 Å². The SMILES string of the molecule is O=[N+]([O-])c1cc(Br)c(F)cc1NCc1cccc(F)c1. The Balaban J connectivity index is 2.24. The van der Waals surface area contributed by atoms with Crippen molar-refractivity contribution in [2.75, 3.05) is 5.32 Å². The fourth-order valence-electron chi connectivity index (χ4n) is 1.67. The van der Waals surface area contributed by atoms with E-state index >= 15 is 0 Å². The van der Waals surface area contributed by atoms with Crippen LogP contribution in [0.25, 0.3) is 0 Å². The van der Waals surface area contributed by atoms with Crippen LogP contribution < -0.4 is 5.32 Å². The molecule has 0 spiro atoms. The van der Waals surface area contributed by atoms with Crippen LogP contribution in [0.1, 0.15) is 5.56 Å². The molecule has 0 atom stereocenters. The van der Waals surface area contributed by atoms with Gasteiger partial charge < -0.3 is 5.32 Å². The molecule has 0 aromatic heterocycles. The van der Waals surface area contributed by atoms with Gasteiger partial charge in [0, 0.05) is 18.7 Å². The maximum atomic E-state index is 13.4. The maximum absolute atomic E-state index is 13.4. The molecule has 0 aliphatic carbocycles. The second-order valence-corrected chi connectivity index (χ2v) is 4.88. The first-order valence-electron chi connectivity index (χ1n) is 5.59. The van der Waals surface area contributed by atoms with Crippen LogP contribution in [-0.2, 0) is 6.54 Å². The van der Waals surface area contributed by atoms with Gasteiger partial charge in [0.15, 0.2) is 0 Å². The molecule has 0 saturated heterocycles. The number of nitrogens with one attached hydrogen (secondary N) is 1. The van der Waals surface area contributed by atoms with E-state index < -0.39 is 16.6 Å². The summed E-state index contributed by atoms with van der Waals surface area (Å²) in [7, 11) is 0. The third kappa shape index (κ3) is 3.30. The Bertz CT molecular complexity index is 665. The normalized spacial score (nSPS) is 10.3. The first-order valence-corrected chi connectivity index (χ1v) is 6.38. The van der Waals surface area contributed by atoms with Gasteiger partial charge in [-0.3, -0.25) is 10.1 Å². The number of rotatable bonds is 4. The standard InChI is InChI=1S/C13H9BrF2N2O2/c14-10-5-13(18(19)20)12(6-11(10)16)17-7-8-2-1-3-9(15)4-8/h1-6,17H,7H2. The number of halogens is 3. The van der Waals surface area contributed by atoms with Gasteiger partial charge in [-0.25, -0.2) is 8.78 Å². The van der Waals surface area contributed by atoms with Gasteiger partial charge in [-0.2, -0.15) is 0 Å². The molecule has 4 nitrogen and oxygen atoms in total. The molecule has 2 rings (SSSR count). The predicted molar refractivity (Wildman–Crippen MR) is 74.5 cm³/mol. The molecule has 0 radical (unpaired) electrons. The summed E-state index contributed by atoms with van der Waals surface area (Å²) in [4.78, 5) is 10.3. The summed E-state index contributed by atoms with van der Waals surface area (Å²) in [6.45, 7) is 0.152. The first kappa shape index (κ1) is 14.4. The quantitative estimate of drug-likeness (QED) is 0.667. The Hall–Kier alpha value is -2.02. The van der Waals surface area contributed by atoms with Crippen LogP contribution in [0, 0.1) is 21.7 Å². The van der Waals surface area contributed by atoms with Crippen molar-refractivity contribution in [2.24, 2.45) is 0 Å². The molecular weight excluding hydrogens is 334 g/mol. The monoisotopic (exact) mass is 342 g/mol. The van der Waals surface area contributed by atoms with Gasteiger partial charge in [-0.05, 0) is 33.6 Å². The Labute approximate surface area is 121 Å². The van der Waals surface area contributed by atoms with Gasteiger partial charge in [0.25, 0.3) is 5.69 Å². The zero-order valence-electron chi connectivity index (χ0n) is 10.1. The van der Waals surface area contributed by atoms with Crippen molar-refractivity contribution in [1.82, 2.24) is 0 Å². The average molecular weight is 343 g/mol. The highest BCUT2D eigenvalue weighted by Crippen LogP contribution is 2.30. The lowest BCUT2D eigenvalue weighted by Crippen LogP contribution is -2.03. The van der Waals surface area contributed by atoms with Gasteiger partial charge in [0.05, 0.1) is 9.40 Å². The fraction of sp³-hybridized carbons (Fsp3) is 0.0769. The van der Waals surface area contributed by atoms with Crippen molar-refractivity contribution in [1.29, 1.82) is 0 Å². The molecular formula is C13H9BrF2N2O2. The van der Waals surface area contributed by atoms with Gasteiger partial charge in [0.2, 0.25) is 0 Å². The third-order valence-electron chi connectivity index (χ3n) is 2.61. The largest absolute Gasteiger partial charge is 0.375 e. The summed E-state index contributed by atoms with van der Waals surface area (Å²) < 4.78 is 26.5. The molecule has 0 amide bonds. The molecule has 20 heavy (non-hydrogen) atoms. The van der Waals surface area contributed by atoms with Crippen molar-refractivity contribution >= 4 is 27.3 Å².